The summed E-state index contributed by atoms with van der Waals surface area (Å²) in [6, 6.07) is 7.76. The Morgan fingerprint density at radius 2 is 2.15 bits per heavy atom. The normalized spacial score (nSPS) is 17.6. The number of pyridine rings is 1. The summed E-state index contributed by atoms with van der Waals surface area (Å²) in [5.41, 5.74) is 2.25. The number of nitrogens with one attached hydrogen (secondary N) is 2. The van der Waals surface area contributed by atoms with Crippen LogP contribution in [0, 0.1) is 5.82 Å². The standard InChI is InChI=1S/C15H14ClFN2O/c16-9-4-6-11(17)14(8-9)18-12-2-1-3-13-10(12)5-7-15(20)19-13/h4-8,12,18H,1-3H2,(H,19,20). The van der Waals surface area contributed by atoms with Crippen molar-refractivity contribution in [2.75, 3.05) is 5.32 Å². The zero-order valence-corrected chi connectivity index (χ0v) is 11.5. The molecule has 5 heteroatoms. The summed E-state index contributed by atoms with van der Waals surface area (Å²) in [5.74, 6) is -0.328. The highest BCUT2D eigenvalue weighted by Gasteiger charge is 2.21. The number of halogens is 2. The lowest BCUT2D eigenvalue weighted by Crippen LogP contribution is -2.22. The summed E-state index contributed by atoms with van der Waals surface area (Å²) in [6.45, 7) is 0. The first-order chi connectivity index (χ1) is 9.63. The highest BCUT2D eigenvalue weighted by atomic mass is 35.5. The van der Waals surface area contributed by atoms with Crippen LogP contribution in [0.1, 0.15) is 30.1 Å². The van der Waals surface area contributed by atoms with Gasteiger partial charge in [0.25, 0.3) is 0 Å². The van der Waals surface area contributed by atoms with E-state index in [4.69, 9.17) is 11.6 Å². The van der Waals surface area contributed by atoms with Gasteiger partial charge in [-0.1, -0.05) is 11.6 Å². The van der Waals surface area contributed by atoms with Gasteiger partial charge < -0.3 is 10.3 Å². The van der Waals surface area contributed by atoms with E-state index in [-0.39, 0.29) is 17.4 Å². The molecule has 1 heterocycles. The molecule has 0 saturated carbocycles. The van der Waals surface area contributed by atoms with Crippen molar-refractivity contribution in [2.24, 2.45) is 0 Å². The lowest BCUT2D eigenvalue weighted by Gasteiger charge is -2.27. The Kier molecular flexibility index (Phi) is 3.49. The average Bonchev–Trinajstić information content (AvgIpc) is 2.43. The number of rotatable bonds is 2. The van der Waals surface area contributed by atoms with Crippen molar-refractivity contribution >= 4 is 17.3 Å². The minimum Gasteiger partial charge on any atom is -0.376 e. The van der Waals surface area contributed by atoms with Gasteiger partial charge in [-0.25, -0.2) is 4.39 Å². The molecule has 2 N–H and O–H groups in total. The highest BCUT2D eigenvalue weighted by molar-refractivity contribution is 6.30. The van der Waals surface area contributed by atoms with Crippen LogP contribution in [0.4, 0.5) is 10.1 Å². The molecule has 0 fully saturated rings. The molecule has 1 aliphatic rings. The van der Waals surface area contributed by atoms with Crippen LogP contribution in [0.2, 0.25) is 5.02 Å². The first-order valence-corrected chi connectivity index (χ1v) is 6.95. The van der Waals surface area contributed by atoms with Crippen LogP contribution in [-0.4, -0.2) is 4.98 Å². The van der Waals surface area contributed by atoms with Crippen molar-refractivity contribution in [3.63, 3.8) is 0 Å². The summed E-state index contributed by atoms with van der Waals surface area (Å²) in [6.07, 6.45) is 2.69. The fraction of sp³-hybridized carbons (Fsp3) is 0.267. The second-order valence-corrected chi connectivity index (χ2v) is 5.41. The molecule has 0 aliphatic heterocycles. The number of fused-ring (bicyclic) bond motifs is 1. The number of anilines is 1. The lowest BCUT2D eigenvalue weighted by atomic mass is 9.91. The molecule has 20 heavy (non-hydrogen) atoms. The van der Waals surface area contributed by atoms with Gasteiger partial charge in [-0.15, -0.1) is 0 Å². The minimum atomic E-state index is -0.328. The SMILES string of the molecule is O=c1ccc2c([nH]1)CCCC2Nc1cc(Cl)ccc1F. The van der Waals surface area contributed by atoms with Gasteiger partial charge in [0.1, 0.15) is 5.82 Å². The molecular weight excluding hydrogens is 279 g/mol. The van der Waals surface area contributed by atoms with Gasteiger partial charge in [0.15, 0.2) is 0 Å². The highest BCUT2D eigenvalue weighted by Crippen LogP contribution is 2.32. The van der Waals surface area contributed by atoms with E-state index in [1.165, 1.54) is 18.2 Å². The van der Waals surface area contributed by atoms with Crippen molar-refractivity contribution in [1.29, 1.82) is 0 Å². The fourth-order valence-corrected chi connectivity index (χ4v) is 2.82. The molecule has 1 aromatic carbocycles. The topological polar surface area (TPSA) is 44.9 Å². The molecule has 0 amide bonds. The molecule has 0 spiro atoms. The second-order valence-electron chi connectivity index (χ2n) is 4.97. The lowest BCUT2D eigenvalue weighted by molar-refractivity contribution is 0.576. The monoisotopic (exact) mass is 292 g/mol. The number of aryl methyl sites for hydroxylation is 1. The van der Waals surface area contributed by atoms with E-state index in [1.54, 1.807) is 6.07 Å². The second kappa shape index (κ2) is 5.29. The third-order valence-electron chi connectivity index (χ3n) is 3.59. The molecule has 0 radical (unpaired) electrons. The molecule has 1 atom stereocenters. The molecule has 1 aromatic heterocycles. The molecule has 3 rings (SSSR count). The summed E-state index contributed by atoms with van der Waals surface area (Å²) in [5, 5.41) is 3.68. The largest absolute Gasteiger partial charge is 0.376 e. The van der Waals surface area contributed by atoms with E-state index in [9.17, 15) is 9.18 Å². The predicted molar refractivity (Wildman–Crippen MR) is 77.8 cm³/mol. The van der Waals surface area contributed by atoms with Crippen molar-refractivity contribution in [1.82, 2.24) is 4.98 Å². The average molecular weight is 293 g/mol. The molecule has 3 nitrogen and oxygen atoms in total. The number of H-pyrrole nitrogens is 1. The Bertz CT molecular complexity index is 699. The van der Waals surface area contributed by atoms with Gasteiger partial charge in [-0.3, -0.25) is 4.79 Å². The van der Waals surface area contributed by atoms with Crippen LogP contribution in [0.25, 0.3) is 0 Å². The molecule has 2 aromatic rings. The van der Waals surface area contributed by atoms with Crippen LogP contribution >= 0.6 is 11.6 Å². The van der Waals surface area contributed by atoms with Crippen molar-refractivity contribution in [3.05, 3.63) is 62.8 Å². The first-order valence-electron chi connectivity index (χ1n) is 6.57. The van der Waals surface area contributed by atoms with E-state index >= 15 is 0 Å². The first kappa shape index (κ1) is 13.2. The fourth-order valence-electron chi connectivity index (χ4n) is 2.65. The van der Waals surface area contributed by atoms with Crippen LogP contribution in [0.15, 0.2) is 35.1 Å². The maximum Gasteiger partial charge on any atom is 0.248 e. The molecule has 0 saturated heterocycles. The summed E-state index contributed by atoms with van der Waals surface area (Å²) < 4.78 is 13.8. The smallest absolute Gasteiger partial charge is 0.248 e. The predicted octanol–water partition coefficient (Wildman–Crippen LogP) is 3.66. The maximum absolute atomic E-state index is 13.8. The molecule has 104 valence electrons. The Balaban J connectivity index is 1.93. The van der Waals surface area contributed by atoms with Crippen molar-refractivity contribution in [3.8, 4) is 0 Å². The van der Waals surface area contributed by atoms with E-state index in [1.807, 2.05) is 6.07 Å². The third kappa shape index (κ3) is 2.56. The van der Waals surface area contributed by atoms with Crippen LogP contribution in [0.5, 0.6) is 0 Å². The van der Waals surface area contributed by atoms with E-state index < -0.39 is 0 Å². The molecule has 1 aliphatic carbocycles. The maximum atomic E-state index is 13.8. The number of hydrogen-bond donors (Lipinski definition) is 2. The molecule has 0 bridgehead atoms. The van der Waals surface area contributed by atoms with Crippen LogP contribution < -0.4 is 10.9 Å². The Labute approximate surface area is 120 Å². The summed E-state index contributed by atoms with van der Waals surface area (Å²) in [4.78, 5) is 14.2. The van der Waals surface area contributed by atoms with E-state index in [0.29, 0.717) is 10.7 Å². The van der Waals surface area contributed by atoms with Gasteiger partial charge in [-0.2, -0.15) is 0 Å². The summed E-state index contributed by atoms with van der Waals surface area (Å²) >= 11 is 5.90. The number of benzene rings is 1. The van der Waals surface area contributed by atoms with Gasteiger partial charge >= 0.3 is 0 Å². The Hall–Kier alpha value is -1.81. The van der Waals surface area contributed by atoms with Crippen molar-refractivity contribution in [2.45, 2.75) is 25.3 Å². The number of aromatic nitrogens is 1. The minimum absolute atomic E-state index is 0.0106. The third-order valence-corrected chi connectivity index (χ3v) is 3.83. The Morgan fingerprint density at radius 3 is 3.00 bits per heavy atom. The van der Waals surface area contributed by atoms with Gasteiger partial charge in [0, 0.05) is 16.8 Å². The van der Waals surface area contributed by atoms with E-state index in [0.717, 1.165) is 30.5 Å². The zero-order chi connectivity index (χ0) is 14.1. The van der Waals surface area contributed by atoms with E-state index in [2.05, 4.69) is 10.3 Å². The van der Waals surface area contributed by atoms with Gasteiger partial charge in [0.2, 0.25) is 5.56 Å². The summed E-state index contributed by atoms with van der Waals surface area (Å²) in [7, 11) is 0. The van der Waals surface area contributed by atoms with Gasteiger partial charge in [-0.05, 0) is 49.1 Å². The molecule has 1 unspecified atom stereocenters. The zero-order valence-electron chi connectivity index (χ0n) is 10.7. The quantitative estimate of drug-likeness (QED) is 0.887. The van der Waals surface area contributed by atoms with Crippen molar-refractivity contribution < 1.29 is 4.39 Å². The number of aromatic amines is 1. The van der Waals surface area contributed by atoms with Crippen LogP contribution in [-0.2, 0) is 6.42 Å². The van der Waals surface area contributed by atoms with Gasteiger partial charge in [0.05, 0.1) is 11.7 Å². The molecular formula is C15H14ClFN2O. The number of hydrogen-bond acceptors (Lipinski definition) is 2. The Morgan fingerprint density at radius 1 is 1.30 bits per heavy atom. The van der Waals surface area contributed by atoms with Crippen LogP contribution in [0.3, 0.4) is 0 Å².